The van der Waals surface area contributed by atoms with Crippen molar-refractivity contribution in [2.45, 2.75) is 0 Å². The first kappa shape index (κ1) is 11.1. The number of carbonyl (C=O) groups is 1. The summed E-state index contributed by atoms with van der Waals surface area (Å²) in [6, 6.07) is 4.95. The van der Waals surface area contributed by atoms with Crippen LogP contribution >= 0.6 is 0 Å². The lowest BCUT2D eigenvalue weighted by Crippen LogP contribution is -2.11. The molecular weight excluding hydrogens is 222 g/mol. The normalized spacial score (nSPS) is 10.2. The number of carboxylic acid groups (broad SMARTS) is 1. The first-order valence-electron chi connectivity index (χ1n) is 4.92. The highest BCUT2D eigenvalue weighted by molar-refractivity contribution is 5.86. The minimum atomic E-state index is -1.14. The summed E-state index contributed by atoms with van der Waals surface area (Å²) in [5.41, 5.74) is 1.19. The molecule has 0 amide bonds. The van der Waals surface area contributed by atoms with E-state index < -0.39 is 5.97 Å². The lowest BCUT2D eigenvalue weighted by atomic mass is 10.1. The molecule has 1 N–H and O–H groups in total. The number of nitrogens with zero attached hydrogens (tertiary/aromatic N) is 3. The molecule has 0 aliphatic rings. The molecule has 2 aromatic rings. The molecule has 17 heavy (non-hydrogen) atoms. The van der Waals surface area contributed by atoms with Gasteiger partial charge in [-0.15, -0.1) is 0 Å². The number of rotatable bonds is 3. The van der Waals surface area contributed by atoms with Gasteiger partial charge in [-0.2, -0.15) is 0 Å². The third-order valence-electron chi connectivity index (χ3n) is 2.21. The maximum absolute atomic E-state index is 10.7. The van der Waals surface area contributed by atoms with E-state index in [0.717, 1.165) is 5.56 Å². The number of hydrogen-bond acceptors (Lipinski definition) is 5. The maximum Gasteiger partial charge on any atom is 0.374 e. The Bertz CT molecular complexity index is 548. The molecule has 0 spiro atoms. The van der Waals surface area contributed by atoms with Crippen LogP contribution in [-0.4, -0.2) is 35.3 Å². The van der Waals surface area contributed by atoms with E-state index in [0.29, 0.717) is 11.5 Å². The van der Waals surface area contributed by atoms with Crippen molar-refractivity contribution in [3.63, 3.8) is 0 Å². The van der Waals surface area contributed by atoms with Gasteiger partial charge >= 0.3 is 5.97 Å². The Morgan fingerprint density at radius 3 is 2.82 bits per heavy atom. The monoisotopic (exact) mass is 233 g/mol. The van der Waals surface area contributed by atoms with Crippen LogP contribution in [0.3, 0.4) is 0 Å². The number of hydrogen-bond donors (Lipinski definition) is 1. The van der Waals surface area contributed by atoms with Gasteiger partial charge in [0.15, 0.2) is 0 Å². The van der Waals surface area contributed by atoms with Crippen LogP contribution in [0.1, 0.15) is 10.6 Å². The smallest absolute Gasteiger partial charge is 0.374 e. The molecule has 0 saturated carbocycles. The molecule has 88 valence electrons. The zero-order valence-electron chi connectivity index (χ0n) is 9.41. The molecule has 0 aliphatic carbocycles. The van der Waals surface area contributed by atoms with E-state index >= 15 is 0 Å². The van der Waals surface area contributed by atoms with Crippen molar-refractivity contribution < 1.29 is 14.4 Å². The maximum atomic E-state index is 10.7. The van der Waals surface area contributed by atoms with Crippen LogP contribution in [0.5, 0.6) is 0 Å². The Kier molecular flexibility index (Phi) is 2.78. The largest absolute Gasteiger partial charge is 0.475 e. The molecule has 2 rings (SSSR count). The third-order valence-corrected chi connectivity index (χ3v) is 2.21. The first-order valence-corrected chi connectivity index (χ1v) is 4.92. The summed E-state index contributed by atoms with van der Waals surface area (Å²) in [7, 11) is 3.70. The second-order valence-electron chi connectivity index (χ2n) is 3.65. The van der Waals surface area contributed by atoms with Crippen molar-refractivity contribution >= 4 is 11.8 Å². The molecule has 2 heterocycles. The van der Waals surface area contributed by atoms with Crippen molar-refractivity contribution in [1.82, 2.24) is 10.1 Å². The fourth-order valence-corrected chi connectivity index (χ4v) is 1.46. The van der Waals surface area contributed by atoms with E-state index in [1.165, 1.54) is 6.07 Å². The van der Waals surface area contributed by atoms with Crippen LogP contribution in [0.15, 0.2) is 28.9 Å². The summed E-state index contributed by atoms with van der Waals surface area (Å²) in [4.78, 5) is 16.7. The summed E-state index contributed by atoms with van der Waals surface area (Å²) in [6.45, 7) is 0. The number of pyridine rings is 1. The Morgan fingerprint density at radius 2 is 2.24 bits per heavy atom. The van der Waals surface area contributed by atoms with Gasteiger partial charge < -0.3 is 14.5 Å². The van der Waals surface area contributed by atoms with Crippen molar-refractivity contribution in [3.8, 4) is 11.3 Å². The molecule has 0 atom stereocenters. The van der Waals surface area contributed by atoms with Crippen LogP contribution in [0, 0.1) is 0 Å². The summed E-state index contributed by atoms with van der Waals surface area (Å²) in [5.74, 6) is -0.620. The Hall–Kier alpha value is -2.37. The molecule has 0 fully saturated rings. The standard InChI is InChI=1S/C11H11N3O3/c1-14(2)10-7(4-3-5-12-10)8-6-9(11(15)16)17-13-8/h3-6H,1-2H3,(H,15,16). The molecule has 0 aliphatic heterocycles. The second kappa shape index (κ2) is 4.25. The van der Waals surface area contributed by atoms with Crippen molar-refractivity contribution in [2.24, 2.45) is 0 Å². The van der Waals surface area contributed by atoms with Crippen LogP contribution in [-0.2, 0) is 0 Å². The van der Waals surface area contributed by atoms with E-state index in [9.17, 15) is 4.79 Å². The average Bonchev–Trinajstić information content (AvgIpc) is 2.78. The molecule has 6 heteroatoms. The van der Waals surface area contributed by atoms with Crippen LogP contribution in [0.4, 0.5) is 5.82 Å². The molecule has 0 aromatic carbocycles. The molecule has 0 radical (unpaired) electrons. The molecule has 0 saturated heterocycles. The summed E-state index contributed by atoms with van der Waals surface area (Å²) in [5, 5.41) is 12.5. The molecule has 0 bridgehead atoms. The van der Waals surface area contributed by atoms with E-state index in [1.54, 1.807) is 12.3 Å². The van der Waals surface area contributed by atoms with Gasteiger partial charge in [0, 0.05) is 31.9 Å². The van der Waals surface area contributed by atoms with Gasteiger partial charge in [-0.25, -0.2) is 9.78 Å². The number of carboxylic acids is 1. The fourth-order valence-electron chi connectivity index (χ4n) is 1.46. The van der Waals surface area contributed by atoms with Crippen molar-refractivity contribution in [3.05, 3.63) is 30.2 Å². The predicted molar refractivity (Wildman–Crippen MR) is 61.0 cm³/mol. The first-order chi connectivity index (χ1) is 8.09. The van der Waals surface area contributed by atoms with Gasteiger partial charge in [-0.3, -0.25) is 0 Å². The highest BCUT2D eigenvalue weighted by Crippen LogP contribution is 2.26. The quantitative estimate of drug-likeness (QED) is 0.865. The summed E-state index contributed by atoms with van der Waals surface area (Å²) < 4.78 is 4.72. The average molecular weight is 233 g/mol. The van der Waals surface area contributed by atoms with Gasteiger partial charge in [0.1, 0.15) is 11.5 Å². The summed E-state index contributed by atoms with van der Waals surface area (Å²) >= 11 is 0. The van der Waals surface area contributed by atoms with Crippen LogP contribution in [0.25, 0.3) is 11.3 Å². The summed E-state index contributed by atoms with van der Waals surface area (Å²) in [6.07, 6.45) is 1.66. The third kappa shape index (κ3) is 2.10. The van der Waals surface area contributed by atoms with Gasteiger partial charge in [-0.1, -0.05) is 5.16 Å². The lowest BCUT2D eigenvalue weighted by molar-refractivity contribution is 0.0652. The fraction of sp³-hybridized carbons (Fsp3) is 0.182. The molecular formula is C11H11N3O3. The molecule has 0 unspecified atom stereocenters. The highest BCUT2D eigenvalue weighted by Gasteiger charge is 2.15. The van der Waals surface area contributed by atoms with Crippen LogP contribution in [0.2, 0.25) is 0 Å². The molecule has 2 aromatic heterocycles. The molecule has 6 nitrogen and oxygen atoms in total. The minimum absolute atomic E-state index is 0.187. The van der Waals surface area contributed by atoms with E-state index in [-0.39, 0.29) is 5.76 Å². The van der Waals surface area contributed by atoms with Gasteiger partial charge in [0.05, 0.1) is 0 Å². The highest BCUT2D eigenvalue weighted by atomic mass is 16.5. The van der Waals surface area contributed by atoms with Crippen molar-refractivity contribution in [2.75, 3.05) is 19.0 Å². The number of aromatic carboxylic acids is 1. The SMILES string of the molecule is CN(C)c1ncccc1-c1cc(C(=O)O)on1. The van der Waals surface area contributed by atoms with Gasteiger partial charge in [-0.05, 0) is 12.1 Å². The van der Waals surface area contributed by atoms with Crippen LogP contribution < -0.4 is 4.90 Å². The number of anilines is 1. The van der Waals surface area contributed by atoms with Gasteiger partial charge in [0.25, 0.3) is 0 Å². The predicted octanol–water partition coefficient (Wildman–Crippen LogP) is 1.50. The lowest BCUT2D eigenvalue weighted by Gasteiger charge is -2.13. The van der Waals surface area contributed by atoms with E-state index in [4.69, 9.17) is 9.63 Å². The van der Waals surface area contributed by atoms with E-state index in [2.05, 4.69) is 10.1 Å². The Labute approximate surface area is 97.5 Å². The van der Waals surface area contributed by atoms with Crippen molar-refractivity contribution in [1.29, 1.82) is 0 Å². The Morgan fingerprint density at radius 1 is 1.47 bits per heavy atom. The Balaban J connectivity index is 2.48. The zero-order chi connectivity index (χ0) is 12.4. The number of aromatic nitrogens is 2. The topological polar surface area (TPSA) is 79.5 Å². The second-order valence-corrected chi connectivity index (χ2v) is 3.65. The zero-order valence-corrected chi connectivity index (χ0v) is 9.41. The van der Waals surface area contributed by atoms with E-state index in [1.807, 2.05) is 25.1 Å². The minimum Gasteiger partial charge on any atom is -0.475 e. The van der Waals surface area contributed by atoms with Gasteiger partial charge in [0.2, 0.25) is 5.76 Å².